The molecule has 1 aromatic rings. The summed E-state index contributed by atoms with van der Waals surface area (Å²) < 4.78 is 11.5. The summed E-state index contributed by atoms with van der Waals surface area (Å²) in [7, 11) is 0. The molecule has 0 amide bonds. The van der Waals surface area contributed by atoms with Gasteiger partial charge >= 0.3 is 0 Å². The van der Waals surface area contributed by atoms with Gasteiger partial charge in [0.2, 0.25) is 0 Å². The van der Waals surface area contributed by atoms with Gasteiger partial charge in [0.25, 0.3) is 0 Å². The highest BCUT2D eigenvalue weighted by molar-refractivity contribution is 5.20. The standard InChI is InChI=1S/C20H32N2O3/c1-16-11-21(12-17(2)25-16)13-18-7-6-10-22(18)14-19(23)15-24-20-8-4-3-5-9-20/h3-5,8-9,16-19,23H,6-7,10-15H2,1-2H3. The third kappa shape index (κ3) is 5.68. The van der Waals surface area contributed by atoms with Gasteiger partial charge in [-0.3, -0.25) is 9.80 Å². The van der Waals surface area contributed by atoms with Crippen molar-refractivity contribution in [3.8, 4) is 5.75 Å². The molecule has 2 aliphatic rings. The topological polar surface area (TPSA) is 45.2 Å². The number of morpholine rings is 1. The van der Waals surface area contributed by atoms with Crippen LogP contribution < -0.4 is 4.74 Å². The van der Waals surface area contributed by atoms with Crippen molar-refractivity contribution in [2.45, 2.75) is 51.0 Å². The Morgan fingerprint density at radius 1 is 1.20 bits per heavy atom. The van der Waals surface area contributed by atoms with Crippen LogP contribution in [0.15, 0.2) is 30.3 Å². The zero-order valence-corrected chi connectivity index (χ0v) is 15.5. The lowest BCUT2D eigenvalue weighted by molar-refractivity contribution is -0.0731. The molecule has 2 aliphatic heterocycles. The van der Waals surface area contributed by atoms with E-state index in [1.54, 1.807) is 0 Å². The lowest BCUT2D eigenvalue weighted by atomic mass is 10.1. The second kappa shape index (κ2) is 8.99. The van der Waals surface area contributed by atoms with Gasteiger partial charge in [-0.1, -0.05) is 18.2 Å². The van der Waals surface area contributed by atoms with Crippen LogP contribution in [-0.4, -0.2) is 78.6 Å². The van der Waals surface area contributed by atoms with E-state index in [4.69, 9.17) is 9.47 Å². The fourth-order valence-corrected chi connectivity index (χ4v) is 4.11. The average Bonchev–Trinajstić information content (AvgIpc) is 3.00. The number of ether oxygens (including phenoxy) is 2. The van der Waals surface area contributed by atoms with E-state index in [1.807, 2.05) is 30.3 Å². The van der Waals surface area contributed by atoms with E-state index in [2.05, 4.69) is 23.6 Å². The Balaban J connectivity index is 1.44. The number of hydrogen-bond acceptors (Lipinski definition) is 5. The fraction of sp³-hybridized carbons (Fsp3) is 0.700. The lowest BCUT2D eigenvalue weighted by Crippen LogP contribution is -2.51. The molecular formula is C20H32N2O3. The van der Waals surface area contributed by atoms with Gasteiger partial charge < -0.3 is 14.6 Å². The summed E-state index contributed by atoms with van der Waals surface area (Å²) in [5.41, 5.74) is 0. The van der Waals surface area contributed by atoms with Gasteiger partial charge in [-0.2, -0.15) is 0 Å². The van der Waals surface area contributed by atoms with Crippen LogP contribution in [-0.2, 0) is 4.74 Å². The number of para-hydroxylation sites is 1. The minimum absolute atomic E-state index is 0.309. The first-order valence-corrected chi connectivity index (χ1v) is 9.58. The molecule has 4 atom stereocenters. The molecule has 5 nitrogen and oxygen atoms in total. The Morgan fingerprint density at radius 3 is 2.64 bits per heavy atom. The molecule has 0 saturated carbocycles. The van der Waals surface area contributed by atoms with Crippen LogP contribution in [0.1, 0.15) is 26.7 Å². The SMILES string of the molecule is CC1CN(CC2CCCN2CC(O)COc2ccccc2)CC(C)O1. The van der Waals surface area contributed by atoms with Gasteiger partial charge in [0.1, 0.15) is 18.5 Å². The second-order valence-electron chi connectivity index (χ2n) is 7.54. The highest BCUT2D eigenvalue weighted by Gasteiger charge is 2.30. The van der Waals surface area contributed by atoms with Gasteiger partial charge in [-0.15, -0.1) is 0 Å². The van der Waals surface area contributed by atoms with Crippen LogP contribution in [0.3, 0.4) is 0 Å². The summed E-state index contributed by atoms with van der Waals surface area (Å²) in [5.74, 6) is 0.816. The number of aliphatic hydroxyl groups excluding tert-OH is 1. The molecule has 0 aromatic heterocycles. The summed E-state index contributed by atoms with van der Waals surface area (Å²) in [6, 6.07) is 10.2. The first-order valence-electron chi connectivity index (χ1n) is 9.58. The molecule has 0 spiro atoms. The van der Waals surface area contributed by atoms with Gasteiger partial charge in [0.15, 0.2) is 0 Å². The Morgan fingerprint density at radius 2 is 1.92 bits per heavy atom. The number of aliphatic hydroxyl groups is 1. The van der Waals surface area contributed by atoms with Crippen molar-refractivity contribution in [1.82, 2.24) is 9.80 Å². The first-order chi connectivity index (χ1) is 12.1. The molecule has 25 heavy (non-hydrogen) atoms. The zero-order chi connectivity index (χ0) is 17.6. The Bertz CT molecular complexity index is 503. The smallest absolute Gasteiger partial charge is 0.119 e. The molecule has 140 valence electrons. The van der Waals surface area contributed by atoms with Crippen molar-refractivity contribution < 1.29 is 14.6 Å². The van der Waals surface area contributed by atoms with E-state index in [9.17, 15) is 5.11 Å². The van der Waals surface area contributed by atoms with Crippen LogP contribution >= 0.6 is 0 Å². The molecule has 0 aliphatic carbocycles. The van der Waals surface area contributed by atoms with Gasteiger partial charge in [0.05, 0.1) is 12.2 Å². The van der Waals surface area contributed by atoms with Crippen molar-refractivity contribution in [2.24, 2.45) is 0 Å². The molecule has 1 N–H and O–H groups in total. The Hall–Kier alpha value is -1.14. The van der Waals surface area contributed by atoms with Crippen LogP contribution in [0.4, 0.5) is 0 Å². The molecule has 4 unspecified atom stereocenters. The summed E-state index contributed by atoms with van der Waals surface area (Å²) in [6.07, 6.45) is 2.59. The molecule has 2 fully saturated rings. The normalized spacial score (nSPS) is 29.6. The highest BCUT2D eigenvalue weighted by Crippen LogP contribution is 2.21. The minimum atomic E-state index is -0.455. The molecule has 2 heterocycles. The van der Waals surface area contributed by atoms with Crippen LogP contribution in [0.25, 0.3) is 0 Å². The predicted octanol–water partition coefficient (Wildman–Crippen LogP) is 2.00. The quantitative estimate of drug-likeness (QED) is 0.817. The van der Waals surface area contributed by atoms with Crippen LogP contribution in [0, 0.1) is 0 Å². The highest BCUT2D eigenvalue weighted by atomic mass is 16.5. The minimum Gasteiger partial charge on any atom is -0.491 e. The third-order valence-corrected chi connectivity index (χ3v) is 5.09. The lowest BCUT2D eigenvalue weighted by Gasteiger charge is -2.38. The van der Waals surface area contributed by atoms with Crippen molar-refractivity contribution in [1.29, 1.82) is 0 Å². The number of rotatable bonds is 7. The molecule has 3 rings (SSSR count). The van der Waals surface area contributed by atoms with Crippen molar-refractivity contribution in [2.75, 3.05) is 39.3 Å². The first kappa shape index (κ1) is 18.6. The second-order valence-corrected chi connectivity index (χ2v) is 7.54. The summed E-state index contributed by atoms with van der Waals surface area (Å²) >= 11 is 0. The number of benzene rings is 1. The van der Waals surface area contributed by atoms with Crippen LogP contribution in [0.2, 0.25) is 0 Å². The molecule has 0 radical (unpaired) electrons. The number of nitrogens with zero attached hydrogens (tertiary/aromatic N) is 2. The largest absolute Gasteiger partial charge is 0.491 e. The van der Waals surface area contributed by atoms with Gasteiger partial charge in [-0.25, -0.2) is 0 Å². The maximum Gasteiger partial charge on any atom is 0.119 e. The number of likely N-dealkylation sites (tertiary alicyclic amines) is 1. The average molecular weight is 348 g/mol. The van der Waals surface area contributed by atoms with E-state index in [0.29, 0.717) is 31.4 Å². The molecule has 1 aromatic carbocycles. The summed E-state index contributed by atoms with van der Waals surface area (Å²) in [4.78, 5) is 4.96. The predicted molar refractivity (Wildman–Crippen MR) is 99.0 cm³/mol. The van der Waals surface area contributed by atoms with Crippen LogP contribution in [0.5, 0.6) is 5.75 Å². The van der Waals surface area contributed by atoms with Gasteiger partial charge in [-0.05, 0) is 45.4 Å². The third-order valence-electron chi connectivity index (χ3n) is 5.09. The number of hydrogen-bond donors (Lipinski definition) is 1. The monoisotopic (exact) mass is 348 g/mol. The van der Waals surface area contributed by atoms with E-state index >= 15 is 0 Å². The summed E-state index contributed by atoms with van der Waals surface area (Å²) in [5, 5.41) is 10.4. The van der Waals surface area contributed by atoms with E-state index in [-0.39, 0.29) is 0 Å². The molecule has 2 saturated heterocycles. The molecule has 5 heteroatoms. The van der Waals surface area contributed by atoms with Crippen molar-refractivity contribution in [3.63, 3.8) is 0 Å². The number of β-amino-alcohol motifs (C(OH)–C–C–N with tert-alkyl or cyclic N) is 1. The van der Waals surface area contributed by atoms with E-state index in [1.165, 1.54) is 12.8 Å². The maximum absolute atomic E-state index is 10.4. The summed E-state index contributed by atoms with van der Waals surface area (Å²) in [6.45, 7) is 9.50. The molecular weight excluding hydrogens is 316 g/mol. The maximum atomic E-state index is 10.4. The van der Waals surface area contributed by atoms with Gasteiger partial charge in [0, 0.05) is 32.2 Å². The Labute approximate surface area is 151 Å². The zero-order valence-electron chi connectivity index (χ0n) is 15.5. The van der Waals surface area contributed by atoms with E-state index in [0.717, 1.165) is 31.9 Å². The van der Waals surface area contributed by atoms with Crippen molar-refractivity contribution >= 4 is 0 Å². The van der Waals surface area contributed by atoms with Crippen molar-refractivity contribution in [3.05, 3.63) is 30.3 Å². The fourth-order valence-electron chi connectivity index (χ4n) is 4.11. The Kier molecular flexibility index (Phi) is 6.70. The molecule has 0 bridgehead atoms. The van der Waals surface area contributed by atoms with E-state index < -0.39 is 6.10 Å².